The fourth-order valence-corrected chi connectivity index (χ4v) is 2.15. The van der Waals surface area contributed by atoms with Crippen LogP contribution in [0.2, 0.25) is 0 Å². The summed E-state index contributed by atoms with van der Waals surface area (Å²) in [5.74, 6) is 0. The third kappa shape index (κ3) is 3.06. The number of benzene rings is 1. The van der Waals surface area contributed by atoms with Crippen molar-refractivity contribution in [3.8, 4) is 0 Å². The van der Waals surface area contributed by atoms with E-state index < -0.39 is 0 Å². The van der Waals surface area contributed by atoms with Crippen molar-refractivity contribution in [3.05, 3.63) is 62.9 Å². The predicted octanol–water partition coefficient (Wildman–Crippen LogP) is 4.11. The zero-order chi connectivity index (χ0) is 13.0. The molecule has 1 aliphatic rings. The minimum absolute atomic E-state index is 0.249. The zero-order valence-corrected chi connectivity index (χ0v) is 10.6. The maximum Gasteiger partial charge on any atom is 0.272 e. The first-order valence-corrected chi connectivity index (χ1v) is 6.29. The quantitative estimate of drug-likeness (QED) is 0.592. The van der Waals surface area contributed by atoms with Crippen molar-refractivity contribution in [1.29, 1.82) is 0 Å². The molecule has 0 saturated carbocycles. The molecule has 0 fully saturated rings. The fourth-order valence-electron chi connectivity index (χ4n) is 2.15. The highest BCUT2D eigenvalue weighted by molar-refractivity contribution is 5.56. The molecule has 3 heteroatoms. The summed E-state index contributed by atoms with van der Waals surface area (Å²) in [6, 6.07) is 7.78. The van der Waals surface area contributed by atoms with Gasteiger partial charge in [-0.3, -0.25) is 10.1 Å². The van der Waals surface area contributed by atoms with Gasteiger partial charge in [0.1, 0.15) is 0 Å². The van der Waals surface area contributed by atoms with Gasteiger partial charge in [0.2, 0.25) is 0 Å². The number of allylic oxidation sites excluding steroid dienone is 2. The van der Waals surface area contributed by atoms with Crippen molar-refractivity contribution in [2.24, 2.45) is 0 Å². The molecule has 0 atom stereocenters. The predicted molar refractivity (Wildman–Crippen MR) is 72.7 cm³/mol. The van der Waals surface area contributed by atoms with E-state index >= 15 is 0 Å². The molecule has 0 radical (unpaired) electrons. The Labute approximate surface area is 107 Å². The SMILES string of the molecule is Cc1ccc(/C=C(/C2=CCCCC2)[N+](=O)[O-])cc1. The van der Waals surface area contributed by atoms with Crippen molar-refractivity contribution < 1.29 is 4.92 Å². The highest BCUT2D eigenvalue weighted by Crippen LogP contribution is 2.25. The molecule has 1 aromatic rings. The summed E-state index contributed by atoms with van der Waals surface area (Å²) < 4.78 is 0. The van der Waals surface area contributed by atoms with Crippen molar-refractivity contribution in [2.45, 2.75) is 32.6 Å². The van der Waals surface area contributed by atoms with Crippen LogP contribution in [0, 0.1) is 17.0 Å². The molecule has 0 saturated heterocycles. The van der Waals surface area contributed by atoms with E-state index in [1.54, 1.807) is 6.08 Å². The average Bonchev–Trinajstić information content (AvgIpc) is 2.38. The monoisotopic (exact) mass is 243 g/mol. The van der Waals surface area contributed by atoms with Crippen molar-refractivity contribution in [3.63, 3.8) is 0 Å². The molecule has 0 heterocycles. The van der Waals surface area contributed by atoms with E-state index in [1.807, 2.05) is 37.3 Å². The van der Waals surface area contributed by atoms with Gasteiger partial charge in [-0.2, -0.15) is 0 Å². The van der Waals surface area contributed by atoms with Crippen LogP contribution in [0.25, 0.3) is 6.08 Å². The highest BCUT2D eigenvalue weighted by Gasteiger charge is 2.18. The van der Waals surface area contributed by atoms with Crippen LogP contribution in [-0.4, -0.2) is 4.92 Å². The number of hydrogen-bond acceptors (Lipinski definition) is 2. The number of rotatable bonds is 3. The number of aryl methyl sites for hydroxylation is 1. The molecule has 0 unspecified atom stereocenters. The van der Waals surface area contributed by atoms with E-state index in [-0.39, 0.29) is 10.6 Å². The van der Waals surface area contributed by atoms with E-state index in [4.69, 9.17) is 0 Å². The van der Waals surface area contributed by atoms with Gasteiger partial charge in [-0.15, -0.1) is 0 Å². The van der Waals surface area contributed by atoms with Crippen LogP contribution in [-0.2, 0) is 0 Å². The van der Waals surface area contributed by atoms with Crippen LogP contribution < -0.4 is 0 Å². The first kappa shape index (κ1) is 12.6. The molecule has 0 spiro atoms. The maximum atomic E-state index is 11.2. The smallest absolute Gasteiger partial charge is 0.258 e. The molecule has 94 valence electrons. The van der Waals surface area contributed by atoms with Gasteiger partial charge in [0, 0.05) is 11.6 Å². The van der Waals surface area contributed by atoms with Crippen LogP contribution in [0.4, 0.5) is 0 Å². The first-order valence-electron chi connectivity index (χ1n) is 6.29. The minimum Gasteiger partial charge on any atom is -0.258 e. The second-order valence-electron chi connectivity index (χ2n) is 4.67. The molecular weight excluding hydrogens is 226 g/mol. The lowest BCUT2D eigenvalue weighted by Crippen LogP contribution is -2.04. The van der Waals surface area contributed by atoms with Gasteiger partial charge in [-0.1, -0.05) is 35.9 Å². The molecule has 0 N–H and O–H groups in total. The Morgan fingerprint density at radius 1 is 1.28 bits per heavy atom. The lowest BCUT2D eigenvalue weighted by Gasteiger charge is -2.10. The maximum absolute atomic E-state index is 11.2. The number of hydrogen-bond donors (Lipinski definition) is 0. The fraction of sp³-hybridized carbons (Fsp3) is 0.333. The lowest BCUT2D eigenvalue weighted by atomic mass is 9.96. The number of nitro groups is 1. The molecule has 3 nitrogen and oxygen atoms in total. The van der Waals surface area contributed by atoms with Gasteiger partial charge >= 0.3 is 0 Å². The van der Waals surface area contributed by atoms with E-state index in [0.29, 0.717) is 0 Å². The third-order valence-electron chi connectivity index (χ3n) is 3.20. The van der Waals surface area contributed by atoms with Crippen molar-refractivity contribution in [1.82, 2.24) is 0 Å². The van der Waals surface area contributed by atoms with Crippen LogP contribution >= 0.6 is 0 Å². The van der Waals surface area contributed by atoms with E-state index in [9.17, 15) is 10.1 Å². The summed E-state index contributed by atoms with van der Waals surface area (Å²) in [6.07, 6.45) is 7.64. The van der Waals surface area contributed by atoms with Crippen LogP contribution in [0.5, 0.6) is 0 Å². The van der Waals surface area contributed by atoms with E-state index in [2.05, 4.69) is 0 Å². The first-order chi connectivity index (χ1) is 8.66. The van der Waals surface area contributed by atoms with Crippen molar-refractivity contribution in [2.75, 3.05) is 0 Å². The Hall–Kier alpha value is -1.90. The largest absolute Gasteiger partial charge is 0.272 e. The van der Waals surface area contributed by atoms with E-state index in [1.165, 1.54) is 0 Å². The standard InChI is InChI=1S/C15H17NO2/c1-12-7-9-13(10-8-12)11-15(16(17)18)14-5-3-2-4-6-14/h5,7-11H,2-4,6H2,1H3/b15-11-. The van der Waals surface area contributed by atoms with Crippen LogP contribution in [0.3, 0.4) is 0 Å². The summed E-state index contributed by atoms with van der Waals surface area (Å²) in [6.45, 7) is 2.01. The third-order valence-corrected chi connectivity index (χ3v) is 3.20. The van der Waals surface area contributed by atoms with E-state index in [0.717, 1.165) is 42.4 Å². The van der Waals surface area contributed by atoms with Gasteiger partial charge < -0.3 is 0 Å². The number of nitrogens with zero attached hydrogens (tertiary/aromatic N) is 1. The van der Waals surface area contributed by atoms with Gasteiger partial charge in [-0.25, -0.2) is 0 Å². The highest BCUT2D eigenvalue weighted by atomic mass is 16.6. The summed E-state index contributed by atoms with van der Waals surface area (Å²) >= 11 is 0. The van der Waals surface area contributed by atoms with Crippen molar-refractivity contribution >= 4 is 6.08 Å². The Kier molecular flexibility index (Phi) is 3.92. The van der Waals surface area contributed by atoms with Gasteiger partial charge in [0.25, 0.3) is 5.70 Å². The molecule has 0 aromatic heterocycles. The molecule has 1 aromatic carbocycles. The second kappa shape index (κ2) is 5.63. The van der Waals surface area contributed by atoms with Gasteiger partial charge in [-0.05, 0) is 38.2 Å². The summed E-state index contributed by atoms with van der Waals surface area (Å²) in [5.41, 5.74) is 3.18. The Morgan fingerprint density at radius 2 is 2.00 bits per heavy atom. The molecule has 0 amide bonds. The molecule has 0 bridgehead atoms. The molecule has 1 aliphatic carbocycles. The summed E-state index contributed by atoms with van der Waals surface area (Å²) in [7, 11) is 0. The Balaban J connectivity index is 2.32. The second-order valence-corrected chi connectivity index (χ2v) is 4.67. The molecular formula is C15H17NO2. The molecule has 18 heavy (non-hydrogen) atoms. The van der Waals surface area contributed by atoms with Crippen LogP contribution in [0.15, 0.2) is 41.6 Å². The van der Waals surface area contributed by atoms with Crippen LogP contribution in [0.1, 0.15) is 36.8 Å². The average molecular weight is 243 g/mol. The normalized spacial score (nSPS) is 16.3. The summed E-state index contributed by atoms with van der Waals surface area (Å²) in [5, 5.41) is 11.2. The Bertz CT molecular complexity index is 498. The Morgan fingerprint density at radius 3 is 2.56 bits per heavy atom. The molecule has 2 rings (SSSR count). The van der Waals surface area contributed by atoms with Gasteiger partial charge in [0.15, 0.2) is 0 Å². The zero-order valence-electron chi connectivity index (χ0n) is 10.6. The lowest BCUT2D eigenvalue weighted by molar-refractivity contribution is -0.419. The van der Waals surface area contributed by atoms with Gasteiger partial charge in [0.05, 0.1) is 4.92 Å². The molecule has 0 aliphatic heterocycles. The summed E-state index contributed by atoms with van der Waals surface area (Å²) in [4.78, 5) is 10.9. The topological polar surface area (TPSA) is 43.1 Å². The minimum atomic E-state index is -0.267.